The summed E-state index contributed by atoms with van der Waals surface area (Å²) in [7, 11) is 0. The van der Waals surface area contributed by atoms with Crippen LogP contribution in [0.3, 0.4) is 0 Å². The maximum Gasteiger partial charge on any atom is 0.273 e. The van der Waals surface area contributed by atoms with E-state index in [0.717, 1.165) is 11.1 Å². The van der Waals surface area contributed by atoms with Gasteiger partial charge in [-0.15, -0.1) is 0 Å². The van der Waals surface area contributed by atoms with E-state index in [-0.39, 0.29) is 17.4 Å². The molecule has 1 aromatic heterocycles. The lowest BCUT2D eigenvalue weighted by Gasteiger charge is -2.05. The predicted octanol–water partition coefficient (Wildman–Crippen LogP) is 3.67. The molecule has 1 heterocycles. The van der Waals surface area contributed by atoms with Crippen LogP contribution in [-0.4, -0.2) is 22.7 Å². The van der Waals surface area contributed by atoms with Gasteiger partial charge < -0.3 is 14.9 Å². The zero-order valence-electron chi connectivity index (χ0n) is 12.7. The van der Waals surface area contributed by atoms with Crippen LogP contribution < -0.4 is 5.32 Å². The van der Waals surface area contributed by atoms with Gasteiger partial charge in [0.2, 0.25) is 0 Å². The Labute approximate surface area is 143 Å². The molecule has 122 valence electrons. The zero-order chi connectivity index (χ0) is 16.9. The molecule has 0 aliphatic rings. The number of hydrogen-bond acceptors (Lipinski definition) is 4. The summed E-state index contributed by atoms with van der Waals surface area (Å²) in [4.78, 5) is 12.1. The van der Waals surface area contributed by atoms with Gasteiger partial charge in [-0.1, -0.05) is 35.0 Å². The van der Waals surface area contributed by atoms with Crippen LogP contribution in [-0.2, 0) is 6.42 Å². The van der Waals surface area contributed by atoms with Gasteiger partial charge in [0.25, 0.3) is 5.91 Å². The first-order valence-corrected chi connectivity index (χ1v) is 7.79. The summed E-state index contributed by atoms with van der Waals surface area (Å²) < 4.78 is 5.20. The Balaban J connectivity index is 1.60. The van der Waals surface area contributed by atoms with Crippen LogP contribution in [0.1, 0.15) is 16.1 Å². The lowest BCUT2D eigenvalue weighted by molar-refractivity contribution is 0.0945. The first kappa shape index (κ1) is 16.1. The normalized spacial score (nSPS) is 10.5. The quantitative estimate of drug-likeness (QED) is 0.741. The fraction of sp³-hybridized carbons (Fsp3) is 0.111. The molecule has 2 aromatic carbocycles. The van der Waals surface area contributed by atoms with Gasteiger partial charge in [-0.05, 0) is 42.3 Å². The van der Waals surface area contributed by atoms with E-state index in [2.05, 4.69) is 10.5 Å². The molecule has 0 bridgehead atoms. The number of amides is 1. The number of benzene rings is 2. The summed E-state index contributed by atoms with van der Waals surface area (Å²) in [5.74, 6) is 0.394. The third-order valence-electron chi connectivity index (χ3n) is 3.54. The van der Waals surface area contributed by atoms with E-state index in [1.54, 1.807) is 42.5 Å². The van der Waals surface area contributed by atoms with Crippen LogP contribution in [0.4, 0.5) is 0 Å². The third kappa shape index (κ3) is 3.75. The van der Waals surface area contributed by atoms with Crippen LogP contribution in [0.2, 0.25) is 5.02 Å². The first-order valence-electron chi connectivity index (χ1n) is 7.41. The molecule has 0 saturated carbocycles. The maximum atomic E-state index is 12.1. The van der Waals surface area contributed by atoms with E-state index in [1.807, 2.05) is 12.1 Å². The second-order valence-electron chi connectivity index (χ2n) is 5.22. The highest BCUT2D eigenvalue weighted by molar-refractivity contribution is 6.30. The maximum absolute atomic E-state index is 12.1. The molecule has 0 aliphatic carbocycles. The van der Waals surface area contributed by atoms with Crippen LogP contribution in [0.15, 0.2) is 59.1 Å². The number of nitrogens with zero attached hydrogens (tertiary/aromatic N) is 1. The Morgan fingerprint density at radius 1 is 1.17 bits per heavy atom. The molecule has 0 aliphatic heterocycles. The first-order chi connectivity index (χ1) is 11.6. The van der Waals surface area contributed by atoms with E-state index in [4.69, 9.17) is 16.1 Å². The van der Waals surface area contributed by atoms with Crippen molar-refractivity contribution in [2.45, 2.75) is 6.42 Å². The van der Waals surface area contributed by atoms with Crippen LogP contribution in [0, 0.1) is 0 Å². The van der Waals surface area contributed by atoms with E-state index >= 15 is 0 Å². The van der Waals surface area contributed by atoms with E-state index < -0.39 is 0 Å². The Bertz CT molecular complexity index is 843. The molecule has 0 saturated heterocycles. The highest BCUT2D eigenvalue weighted by Gasteiger charge is 2.13. The Kier molecular flexibility index (Phi) is 4.82. The molecular formula is C18H15ClN2O3. The average molecular weight is 343 g/mol. The fourth-order valence-electron chi connectivity index (χ4n) is 2.26. The third-order valence-corrected chi connectivity index (χ3v) is 3.80. The molecule has 24 heavy (non-hydrogen) atoms. The number of nitrogens with one attached hydrogen (secondary N) is 1. The number of hydrogen-bond donors (Lipinski definition) is 2. The van der Waals surface area contributed by atoms with Crippen LogP contribution in [0.5, 0.6) is 5.75 Å². The summed E-state index contributed by atoms with van der Waals surface area (Å²) in [6.45, 7) is 0.388. The van der Waals surface area contributed by atoms with Gasteiger partial charge in [0.05, 0.1) is 0 Å². The average Bonchev–Trinajstić information content (AvgIpc) is 3.07. The molecule has 0 fully saturated rings. The minimum absolute atomic E-state index is 0.206. The Hall–Kier alpha value is -2.79. The van der Waals surface area contributed by atoms with Crippen molar-refractivity contribution in [2.24, 2.45) is 0 Å². The van der Waals surface area contributed by atoms with Gasteiger partial charge in [0.1, 0.15) is 5.75 Å². The highest BCUT2D eigenvalue weighted by atomic mass is 35.5. The largest absolute Gasteiger partial charge is 0.508 e. The van der Waals surface area contributed by atoms with Gasteiger partial charge in [-0.3, -0.25) is 4.79 Å². The monoisotopic (exact) mass is 342 g/mol. The van der Waals surface area contributed by atoms with Crippen LogP contribution in [0.25, 0.3) is 11.3 Å². The lowest BCUT2D eigenvalue weighted by Crippen LogP contribution is -2.25. The molecule has 6 heteroatoms. The van der Waals surface area contributed by atoms with Crippen molar-refractivity contribution in [1.82, 2.24) is 10.5 Å². The van der Waals surface area contributed by atoms with E-state index in [9.17, 15) is 9.90 Å². The standard InChI is InChI=1S/C18H15ClN2O3/c19-14-7-5-13(6-8-14)17-11-15(21-24-17)18(23)20-10-9-12-3-1-2-4-16(12)22/h1-8,11,22H,9-10H2,(H,20,23). The summed E-state index contributed by atoms with van der Waals surface area (Å²) in [6, 6.07) is 15.7. The Morgan fingerprint density at radius 3 is 2.67 bits per heavy atom. The summed E-state index contributed by atoms with van der Waals surface area (Å²) in [6.07, 6.45) is 0.528. The minimum atomic E-state index is -0.325. The topological polar surface area (TPSA) is 75.4 Å². The smallest absolute Gasteiger partial charge is 0.273 e. The van der Waals surface area contributed by atoms with E-state index in [1.165, 1.54) is 0 Å². The van der Waals surface area contributed by atoms with Crippen molar-refractivity contribution < 1.29 is 14.4 Å². The Morgan fingerprint density at radius 2 is 1.92 bits per heavy atom. The molecule has 0 radical (unpaired) electrons. The number of phenolic OH excluding ortho intramolecular Hbond substituents is 1. The number of carbonyl (C=O) groups excluding carboxylic acids is 1. The minimum Gasteiger partial charge on any atom is -0.508 e. The van der Waals surface area contributed by atoms with Gasteiger partial charge in [0.15, 0.2) is 11.5 Å². The molecule has 0 atom stereocenters. The number of rotatable bonds is 5. The second kappa shape index (κ2) is 7.19. The number of halogens is 1. The van der Waals surface area contributed by atoms with Gasteiger partial charge in [-0.2, -0.15) is 0 Å². The summed E-state index contributed by atoms with van der Waals surface area (Å²) in [5, 5.41) is 16.9. The number of aromatic nitrogens is 1. The van der Waals surface area contributed by atoms with Gasteiger partial charge >= 0.3 is 0 Å². The number of aromatic hydroxyl groups is 1. The molecule has 3 rings (SSSR count). The molecule has 2 N–H and O–H groups in total. The summed E-state index contributed by atoms with van der Waals surface area (Å²) in [5.41, 5.74) is 1.78. The van der Waals surface area contributed by atoms with Crippen molar-refractivity contribution in [3.63, 3.8) is 0 Å². The number of para-hydroxylation sites is 1. The summed E-state index contributed by atoms with van der Waals surface area (Å²) >= 11 is 5.85. The van der Waals surface area contributed by atoms with Gasteiger partial charge in [-0.25, -0.2) is 0 Å². The SMILES string of the molecule is O=C(NCCc1ccccc1O)c1cc(-c2ccc(Cl)cc2)on1. The highest BCUT2D eigenvalue weighted by Crippen LogP contribution is 2.22. The number of phenols is 1. The van der Waals surface area contributed by atoms with Crippen molar-refractivity contribution in [3.05, 3.63) is 70.9 Å². The number of carbonyl (C=O) groups is 1. The molecule has 1 amide bonds. The van der Waals surface area contributed by atoms with Crippen molar-refractivity contribution >= 4 is 17.5 Å². The molecular weight excluding hydrogens is 328 g/mol. The lowest BCUT2D eigenvalue weighted by atomic mass is 10.1. The molecule has 0 unspecified atom stereocenters. The second-order valence-corrected chi connectivity index (χ2v) is 5.65. The van der Waals surface area contributed by atoms with Gasteiger partial charge in [0, 0.05) is 23.2 Å². The molecule has 0 spiro atoms. The van der Waals surface area contributed by atoms with Crippen molar-refractivity contribution in [3.8, 4) is 17.1 Å². The van der Waals surface area contributed by atoms with Crippen molar-refractivity contribution in [1.29, 1.82) is 0 Å². The predicted molar refractivity (Wildman–Crippen MR) is 91.1 cm³/mol. The van der Waals surface area contributed by atoms with Crippen molar-refractivity contribution in [2.75, 3.05) is 6.54 Å². The molecule has 3 aromatic rings. The van der Waals surface area contributed by atoms with E-state index in [0.29, 0.717) is 23.7 Å². The zero-order valence-corrected chi connectivity index (χ0v) is 13.5. The van der Waals surface area contributed by atoms with Crippen LogP contribution >= 0.6 is 11.6 Å². The fourth-order valence-corrected chi connectivity index (χ4v) is 2.38. The molecule has 5 nitrogen and oxygen atoms in total.